The maximum Gasteiger partial charge on any atom is 0.323 e. The van der Waals surface area contributed by atoms with Gasteiger partial charge in [0.1, 0.15) is 0 Å². The lowest BCUT2D eigenvalue weighted by Crippen LogP contribution is -2.42. The average molecular weight is 334 g/mol. The summed E-state index contributed by atoms with van der Waals surface area (Å²) in [6, 6.07) is 0.567. The highest BCUT2D eigenvalue weighted by Gasteiger charge is 2.29. The van der Waals surface area contributed by atoms with Crippen LogP contribution in [0.2, 0.25) is 0 Å². The van der Waals surface area contributed by atoms with Gasteiger partial charge in [-0.15, -0.1) is 0 Å². The molecule has 6 nitrogen and oxygen atoms in total. The Morgan fingerprint density at radius 1 is 1.17 bits per heavy atom. The Balaban J connectivity index is 1.40. The number of hydrogen-bond donors (Lipinski definition) is 0. The Hall–Kier alpha value is -1.59. The Morgan fingerprint density at radius 2 is 1.88 bits per heavy atom. The molecule has 6 heteroatoms. The Kier molecular flexibility index (Phi) is 5.74. The van der Waals surface area contributed by atoms with Crippen LogP contribution >= 0.6 is 0 Å². The van der Waals surface area contributed by atoms with E-state index in [-0.39, 0.29) is 0 Å². The van der Waals surface area contributed by atoms with Crippen molar-refractivity contribution < 1.29 is 9.32 Å². The number of likely N-dealkylation sites (tertiary alicyclic amines) is 1. The van der Waals surface area contributed by atoms with Gasteiger partial charge in [-0.2, -0.15) is 4.98 Å². The highest BCUT2D eigenvalue weighted by molar-refractivity contribution is 5.79. The molecule has 1 saturated heterocycles. The molecular formula is C18H30N4O2. The molecule has 0 bridgehead atoms. The lowest BCUT2D eigenvalue weighted by molar-refractivity contribution is -0.138. The highest BCUT2D eigenvalue weighted by atomic mass is 16.5. The van der Waals surface area contributed by atoms with E-state index in [0.29, 0.717) is 23.8 Å². The largest absolute Gasteiger partial charge is 0.342 e. The van der Waals surface area contributed by atoms with Gasteiger partial charge in [0.15, 0.2) is 5.82 Å². The molecule has 0 aromatic carbocycles. The maximum absolute atomic E-state index is 12.6. The summed E-state index contributed by atoms with van der Waals surface area (Å²) in [5, 5.41) is 4.03. The Bertz CT molecular complexity index is 529. The van der Waals surface area contributed by atoms with Gasteiger partial charge in [-0.25, -0.2) is 0 Å². The summed E-state index contributed by atoms with van der Waals surface area (Å²) in [6.45, 7) is 1.85. The van der Waals surface area contributed by atoms with Gasteiger partial charge in [-0.1, -0.05) is 24.4 Å². The van der Waals surface area contributed by atoms with Crippen molar-refractivity contribution in [3.63, 3.8) is 0 Å². The first-order valence-electron chi connectivity index (χ1n) is 9.42. The first kappa shape index (κ1) is 17.2. The predicted molar refractivity (Wildman–Crippen MR) is 92.8 cm³/mol. The number of hydrogen-bond acceptors (Lipinski definition) is 5. The van der Waals surface area contributed by atoms with E-state index < -0.39 is 0 Å². The number of aromatic nitrogens is 2. The van der Waals surface area contributed by atoms with E-state index in [1.165, 1.54) is 19.3 Å². The summed E-state index contributed by atoms with van der Waals surface area (Å²) in [5.74, 6) is 2.18. The van der Waals surface area contributed by atoms with Crippen molar-refractivity contribution in [2.45, 2.75) is 57.8 Å². The second-order valence-corrected chi connectivity index (χ2v) is 7.53. The van der Waals surface area contributed by atoms with Crippen molar-refractivity contribution in [3.05, 3.63) is 5.82 Å². The first-order valence-corrected chi connectivity index (χ1v) is 9.42. The summed E-state index contributed by atoms with van der Waals surface area (Å²) in [6.07, 6.45) is 10.1. The molecule has 2 heterocycles. The van der Waals surface area contributed by atoms with Crippen molar-refractivity contribution in [1.82, 2.24) is 15.0 Å². The number of amides is 1. The number of carbonyl (C=O) groups excluding carboxylic acids is 1. The van der Waals surface area contributed by atoms with E-state index in [2.05, 4.69) is 15.0 Å². The monoisotopic (exact) mass is 334 g/mol. The number of rotatable bonds is 5. The van der Waals surface area contributed by atoms with Gasteiger partial charge in [0.25, 0.3) is 0 Å². The average Bonchev–Trinajstić information content (AvgIpc) is 3.10. The molecule has 1 amide bonds. The van der Waals surface area contributed by atoms with Gasteiger partial charge < -0.3 is 14.3 Å². The standard InChI is InChI=1S/C18H30N4O2/c1-21(2)18-19-16(20-24-18)9-8-14-10-12-22(13-11-14)17(23)15-6-4-3-5-7-15/h14-15H,3-13H2,1-2H3. The van der Waals surface area contributed by atoms with Crippen LogP contribution in [0.1, 0.15) is 57.2 Å². The zero-order chi connectivity index (χ0) is 16.9. The van der Waals surface area contributed by atoms with Crippen molar-refractivity contribution in [1.29, 1.82) is 0 Å². The lowest BCUT2D eigenvalue weighted by atomic mass is 9.86. The fourth-order valence-corrected chi connectivity index (χ4v) is 3.91. The molecule has 2 fully saturated rings. The van der Waals surface area contributed by atoms with E-state index in [0.717, 1.165) is 57.4 Å². The molecule has 1 aliphatic carbocycles. The summed E-state index contributed by atoms with van der Waals surface area (Å²) in [5.41, 5.74) is 0. The molecule has 2 aliphatic rings. The summed E-state index contributed by atoms with van der Waals surface area (Å²) >= 11 is 0. The fraction of sp³-hybridized carbons (Fsp3) is 0.833. The quantitative estimate of drug-likeness (QED) is 0.828. The molecular weight excluding hydrogens is 304 g/mol. The molecule has 0 unspecified atom stereocenters. The molecule has 0 radical (unpaired) electrons. The van der Waals surface area contributed by atoms with Crippen LogP contribution in [0.3, 0.4) is 0 Å². The Labute approximate surface area is 144 Å². The molecule has 1 aromatic heterocycles. The number of piperidine rings is 1. The fourth-order valence-electron chi connectivity index (χ4n) is 3.91. The molecule has 1 saturated carbocycles. The van der Waals surface area contributed by atoms with Crippen LogP contribution in [0.15, 0.2) is 4.52 Å². The number of nitrogens with zero attached hydrogens (tertiary/aromatic N) is 4. The minimum Gasteiger partial charge on any atom is -0.342 e. The van der Waals surface area contributed by atoms with Gasteiger partial charge in [0.2, 0.25) is 5.91 Å². The number of carbonyl (C=O) groups is 1. The summed E-state index contributed by atoms with van der Waals surface area (Å²) < 4.78 is 5.19. The van der Waals surface area contributed by atoms with Crippen molar-refractivity contribution in [3.8, 4) is 0 Å². The van der Waals surface area contributed by atoms with E-state index in [1.54, 1.807) is 0 Å². The molecule has 24 heavy (non-hydrogen) atoms. The van der Waals surface area contributed by atoms with E-state index in [9.17, 15) is 4.79 Å². The zero-order valence-electron chi connectivity index (χ0n) is 15.0. The molecule has 134 valence electrons. The second kappa shape index (κ2) is 7.99. The topological polar surface area (TPSA) is 62.5 Å². The van der Waals surface area contributed by atoms with Gasteiger partial charge >= 0.3 is 6.01 Å². The van der Waals surface area contributed by atoms with Crippen LogP contribution in [0.4, 0.5) is 6.01 Å². The first-order chi connectivity index (χ1) is 11.6. The zero-order valence-corrected chi connectivity index (χ0v) is 15.0. The second-order valence-electron chi connectivity index (χ2n) is 7.53. The SMILES string of the molecule is CN(C)c1nc(CCC2CCN(C(=O)C3CCCCC3)CC2)no1. The van der Waals surface area contributed by atoms with Gasteiger partial charge in [0, 0.05) is 39.5 Å². The molecule has 1 aromatic rings. The smallest absolute Gasteiger partial charge is 0.323 e. The normalized spacial score (nSPS) is 20.3. The summed E-state index contributed by atoms with van der Waals surface area (Å²) in [4.78, 5) is 20.9. The van der Waals surface area contributed by atoms with Crippen molar-refractivity contribution >= 4 is 11.9 Å². The van der Waals surface area contributed by atoms with Crippen LogP contribution in [0.5, 0.6) is 0 Å². The van der Waals surface area contributed by atoms with Crippen LogP contribution in [-0.2, 0) is 11.2 Å². The van der Waals surface area contributed by atoms with E-state index in [4.69, 9.17) is 4.52 Å². The molecule has 3 rings (SSSR count). The highest BCUT2D eigenvalue weighted by Crippen LogP contribution is 2.28. The van der Waals surface area contributed by atoms with Crippen LogP contribution in [-0.4, -0.2) is 48.1 Å². The van der Waals surface area contributed by atoms with Crippen LogP contribution in [0.25, 0.3) is 0 Å². The minimum absolute atomic E-state index is 0.305. The third-order valence-corrected chi connectivity index (χ3v) is 5.50. The van der Waals surface area contributed by atoms with E-state index >= 15 is 0 Å². The minimum atomic E-state index is 0.305. The molecule has 0 atom stereocenters. The third kappa shape index (κ3) is 4.28. The molecule has 0 spiro atoms. The molecule has 0 N–H and O–H groups in total. The third-order valence-electron chi connectivity index (χ3n) is 5.50. The van der Waals surface area contributed by atoms with Gasteiger partial charge in [-0.3, -0.25) is 4.79 Å². The van der Waals surface area contributed by atoms with Gasteiger partial charge in [0.05, 0.1) is 0 Å². The van der Waals surface area contributed by atoms with Crippen LogP contribution < -0.4 is 4.90 Å². The summed E-state index contributed by atoms with van der Waals surface area (Å²) in [7, 11) is 3.80. The lowest BCUT2D eigenvalue weighted by Gasteiger charge is -2.35. The predicted octanol–water partition coefficient (Wildman–Crippen LogP) is 2.89. The van der Waals surface area contributed by atoms with E-state index in [1.807, 2.05) is 19.0 Å². The molecule has 1 aliphatic heterocycles. The number of aryl methyl sites for hydroxylation is 1. The Morgan fingerprint density at radius 3 is 2.50 bits per heavy atom. The van der Waals surface area contributed by atoms with Crippen LogP contribution in [0, 0.1) is 11.8 Å². The van der Waals surface area contributed by atoms with Gasteiger partial charge in [-0.05, 0) is 38.0 Å². The number of anilines is 1. The van der Waals surface area contributed by atoms with Crippen molar-refractivity contribution in [2.75, 3.05) is 32.1 Å². The maximum atomic E-state index is 12.6. The van der Waals surface area contributed by atoms with Crippen molar-refractivity contribution in [2.24, 2.45) is 11.8 Å².